The van der Waals surface area contributed by atoms with Gasteiger partial charge in [0.05, 0.1) is 6.54 Å². The number of benzene rings is 2. The van der Waals surface area contributed by atoms with Crippen LogP contribution >= 0.6 is 0 Å². The van der Waals surface area contributed by atoms with Crippen molar-refractivity contribution in [1.82, 2.24) is 10.4 Å². The zero-order chi connectivity index (χ0) is 19.4. The number of hydrogen-bond acceptors (Lipinski definition) is 4. The number of cyclic esters (lactones) is 1. The van der Waals surface area contributed by atoms with Crippen molar-refractivity contribution in [2.24, 2.45) is 0 Å². The number of hydrogen-bond donors (Lipinski definition) is 1. The molecule has 1 aliphatic heterocycles. The first-order valence-electron chi connectivity index (χ1n) is 8.70. The Kier molecular flexibility index (Phi) is 5.59. The van der Waals surface area contributed by atoms with Crippen LogP contribution in [0.25, 0.3) is 0 Å². The third kappa shape index (κ3) is 4.55. The average molecular weight is 372 g/mol. The highest BCUT2D eigenvalue weighted by Crippen LogP contribution is 2.26. The molecule has 27 heavy (non-hydrogen) atoms. The second-order valence-corrected chi connectivity index (χ2v) is 6.57. The summed E-state index contributed by atoms with van der Waals surface area (Å²) in [6, 6.07) is 12.8. The van der Waals surface area contributed by atoms with Crippen LogP contribution in [-0.4, -0.2) is 36.3 Å². The fourth-order valence-corrected chi connectivity index (χ4v) is 2.76. The minimum absolute atomic E-state index is 0.162. The Labute approximate surface area is 156 Å². The van der Waals surface area contributed by atoms with E-state index in [9.17, 15) is 14.0 Å². The van der Waals surface area contributed by atoms with E-state index in [1.807, 2.05) is 24.3 Å². The van der Waals surface area contributed by atoms with Crippen LogP contribution in [0.2, 0.25) is 0 Å². The summed E-state index contributed by atoms with van der Waals surface area (Å²) < 4.78 is 24.0. The second-order valence-electron chi connectivity index (χ2n) is 6.57. The number of carbonyl (C=O) groups is 2. The van der Waals surface area contributed by atoms with Gasteiger partial charge in [0.25, 0.3) is 5.91 Å². The SMILES string of the molecule is CC(C)c1ccccc1OC[C@H]1CN(NC(=O)c2ccc(F)cc2)C(=O)O1. The lowest BCUT2D eigenvalue weighted by Gasteiger charge is -2.16. The van der Waals surface area contributed by atoms with Crippen LogP contribution < -0.4 is 10.2 Å². The molecule has 2 aromatic rings. The molecule has 0 bridgehead atoms. The Morgan fingerprint density at radius 2 is 1.96 bits per heavy atom. The van der Waals surface area contributed by atoms with Gasteiger partial charge in [0.15, 0.2) is 6.10 Å². The van der Waals surface area contributed by atoms with Gasteiger partial charge < -0.3 is 9.47 Å². The van der Waals surface area contributed by atoms with Crippen molar-refractivity contribution in [2.75, 3.05) is 13.2 Å². The molecule has 2 aromatic carbocycles. The van der Waals surface area contributed by atoms with E-state index in [0.717, 1.165) is 16.3 Å². The lowest BCUT2D eigenvalue weighted by Crippen LogP contribution is -2.43. The highest BCUT2D eigenvalue weighted by atomic mass is 19.1. The number of ether oxygens (including phenoxy) is 2. The van der Waals surface area contributed by atoms with E-state index in [1.165, 1.54) is 24.3 Å². The predicted molar refractivity (Wildman–Crippen MR) is 96.9 cm³/mol. The van der Waals surface area contributed by atoms with Crippen LogP contribution in [0, 0.1) is 5.82 Å². The van der Waals surface area contributed by atoms with Gasteiger partial charge >= 0.3 is 6.09 Å². The summed E-state index contributed by atoms with van der Waals surface area (Å²) in [6.07, 6.45) is -1.16. The molecule has 0 aliphatic carbocycles. The normalized spacial score (nSPS) is 16.4. The van der Waals surface area contributed by atoms with Crippen molar-refractivity contribution >= 4 is 12.0 Å². The maximum Gasteiger partial charge on any atom is 0.429 e. The number of hydrazine groups is 1. The van der Waals surface area contributed by atoms with E-state index < -0.39 is 23.9 Å². The van der Waals surface area contributed by atoms with Gasteiger partial charge in [-0.15, -0.1) is 0 Å². The smallest absolute Gasteiger partial charge is 0.429 e. The van der Waals surface area contributed by atoms with Crippen LogP contribution in [0.15, 0.2) is 48.5 Å². The van der Waals surface area contributed by atoms with E-state index in [0.29, 0.717) is 5.92 Å². The number of carbonyl (C=O) groups excluding carboxylic acids is 2. The topological polar surface area (TPSA) is 67.9 Å². The molecule has 1 fully saturated rings. The molecule has 1 saturated heterocycles. The highest BCUT2D eigenvalue weighted by molar-refractivity contribution is 5.95. The summed E-state index contributed by atoms with van der Waals surface area (Å²) in [6.45, 7) is 4.49. The molecule has 6 nitrogen and oxygen atoms in total. The molecule has 0 radical (unpaired) electrons. The lowest BCUT2D eigenvalue weighted by molar-refractivity contribution is 0.0823. The van der Waals surface area contributed by atoms with Crippen LogP contribution in [0.1, 0.15) is 35.7 Å². The van der Waals surface area contributed by atoms with Crippen molar-refractivity contribution in [2.45, 2.75) is 25.9 Å². The van der Waals surface area contributed by atoms with Crippen molar-refractivity contribution in [3.05, 3.63) is 65.5 Å². The number of halogens is 1. The minimum Gasteiger partial charge on any atom is -0.489 e. The van der Waals surface area contributed by atoms with E-state index in [1.54, 1.807) is 0 Å². The molecule has 1 heterocycles. The fourth-order valence-electron chi connectivity index (χ4n) is 2.76. The molecule has 1 N–H and O–H groups in total. The van der Waals surface area contributed by atoms with E-state index >= 15 is 0 Å². The summed E-state index contributed by atoms with van der Waals surface area (Å²) in [7, 11) is 0. The molecule has 1 aliphatic rings. The number of nitrogens with one attached hydrogen (secondary N) is 1. The molecular weight excluding hydrogens is 351 g/mol. The van der Waals surface area contributed by atoms with Crippen molar-refractivity contribution in [3.8, 4) is 5.75 Å². The quantitative estimate of drug-likeness (QED) is 0.843. The summed E-state index contributed by atoms with van der Waals surface area (Å²) in [5, 5.41) is 1.09. The third-order valence-electron chi connectivity index (χ3n) is 4.18. The van der Waals surface area contributed by atoms with Crippen molar-refractivity contribution in [3.63, 3.8) is 0 Å². The van der Waals surface area contributed by atoms with Crippen molar-refractivity contribution in [1.29, 1.82) is 0 Å². The maximum absolute atomic E-state index is 12.9. The summed E-state index contributed by atoms with van der Waals surface area (Å²) in [5.74, 6) is 0.0980. The van der Waals surface area contributed by atoms with E-state index in [-0.39, 0.29) is 18.7 Å². The molecule has 0 saturated carbocycles. The molecule has 1 atom stereocenters. The van der Waals surface area contributed by atoms with Crippen LogP contribution in [0.3, 0.4) is 0 Å². The maximum atomic E-state index is 12.9. The van der Waals surface area contributed by atoms with E-state index in [4.69, 9.17) is 9.47 Å². The second kappa shape index (κ2) is 8.07. The zero-order valence-corrected chi connectivity index (χ0v) is 15.1. The number of rotatable bonds is 6. The fraction of sp³-hybridized carbons (Fsp3) is 0.300. The van der Waals surface area contributed by atoms with Gasteiger partial charge in [0.2, 0.25) is 0 Å². The highest BCUT2D eigenvalue weighted by Gasteiger charge is 2.33. The van der Waals surface area contributed by atoms with Gasteiger partial charge in [0.1, 0.15) is 18.2 Å². The first-order chi connectivity index (χ1) is 12.9. The number of nitrogens with zero attached hydrogens (tertiary/aromatic N) is 1. The predicted octanol–water partition coefficient (Wildman–Crippen LogP) is 3.49. The van der Waals surface area contributed by atoms with Crippen LogP contribution in [-0.2, 0) is 4.74 Å². The molecule has 2 amide bonds. The number of amides is 2. The first-order valence-corrected chi connectivity index (χ1v) is 8.70. The van der Waals surface area contributed by atoms with Gasteiger partial charge in [-0.25, -0.2) is 14.2 Å². The molecule has 0 unspecified atom stereocenters. The molecule has 3 rings (SSSR count). The minimum atomic E-state index is -0.656. The molecule has 7 heteroatoms. The van der Waals surface area contributed by atoms with Gasteiger partial charge in [0, 0.05) is 5.56 Å². The van der Waals surface area contributed by atoms with Gasteiger partial charge in [-0.2, -0.15) is 0 Å². The Balaban J connectivity index is 1.56. The van der Waals surface area contributed by atoms with Gasteiger partial charge in [-0.3, -0.25) is 10.2 Å². The summed E-state index contributed by atoms with van der Waals surface area (Å²) >= 11 is 0. The average Bonchev–Trinajstić information content (AvgIpc) is 3.00. The number of para-hydroxylation sites is 1. The molecule has 0 aromatic heterocycles. The summed E-state index contributed by atoms with van der Waals surface area (Å²) in [4.78, 5) is 24.1. The van der Waals surface area contributed by atoms with Gasteiger partial charge in [-0.1, -0.05) is 32.0 Å². The first kappa shape index (κ1) is 18.7. The zero-order valence-electron chi connectivity index (χ0n) is 15.1. The van der Waals surface area contributed by atoms with Crippen LogP contribution in [0.5, 0.6) is 5.75 Å². The van der Waals surface area contributed by atoms with E-state index in [2.05, 4.69) is 19.3 Å². The molecular formula is C20H21FN2O4. The molecule has 142 valence electrons. The summed E-state index contributed by atoms with van der Waals surface area (Å²) in [5.41, 5.74) is 3.78. The monoisotopic (exact) mass is 372 g/mol. The standard InChI is InChI=1S/C20H21FN2O4/c1-13(2)17-5-3-4-6-18(17)26-12-16-11-23(20(25)27-16)22-19(24)14-7-9-15(21)10-8-14/h3-10,13,16H,11-12H2,1-2H3,(H,22,24)/t16-/m1/s1. The largest absolute Gasteiger partial charge is 0.489 e. The third-order valence-corrected chi connectivity index (χ3v) is 4.18. The molecule has 0 spiro atoms. The Morgan fingerprint density at radius 1 is 1.26 bits per heavy atom. The van der Waals surface area contributed by atoms with Crippen LogP contribution in [0.4, 0.5) is 9.18 Å². The van der Waals surface area contributed by atoms with Crippen molar-refractivity contribution < 1.29 is 23.5 Å². The van der Waals surface area contributed by atoms with Gasteiger partial charge in [-0.05, 0) is 41.8 Å². The Hall–Kier alpha value is -3.09. The lowest BCUT2D eigenvalue weighted by atomic mass is 10.0. The Bertz CT molecular complexity index is 823. The Morgan fingerprint density at radius 3 is 2.67 bits per heavy atom.